The Morgan fingerprint density at radius 2 is 2.00 bits per heavy atom. The lowest BCUT2D eigenvalue weighted by Gasteiger charge is -2.05. The minimum atomic E-state index is 0.000100. The summed E-state index contributed by atoms with van der Waals surface area (Å²) >= 11 is 0. The van der Waals surface area contributed by atoms with Crippen LogP contribution in [0.5, 0.6) is 5.75 Å². The van der Waals surface area contributed by atoms with E-state index in [2.05, 4.69) is 11.9 Å². The molecule has 0 radical (unpaired) electrons. The molecule has 3 nitrogen and oxygen atoms in total. The molecule has 0 saturated heterocycles. The third-order valence-corrected chi connectivity index (χ3v) is 2.73. The van der Waals surface area contributed by atoms with Gasteiger partial charge in [0.05, 0.1) is 12.3 Å². The summed E-state index contributed by atoms with van der Waals surface area (Å²) in [6.07, 6.45) is 3.90. The highest BCUT2D eigenvalue weighted by atomic mass is 16.5. The van der Waals surface area contributed by atoms with E-state index >= 15 is 0 Å². The van der Waals surface area contributed by atoms with Crippen molar-refractivity contribution in [2.75, 3.05) is 6.61 Å². The minimum absolute atomic E-state index is 0.000100. The van der Waals surface area contributed by atoms with Crippen LogP contribution in [0.15, 0.2) is 42.6 Å². The molecule has 0 bridgehead atoms. The van der Waals surface area contributed by atoms with E-state index in [9.17, 15) is 4.79 Å². The quantitative estimate of drug-likeness (QED) is 0.624. The fourth-order valence-electron chi connectivity index (χ4n) is 1.66. The molecule has 94 valence electrons. The van der Waals surface area contributed by atoms with E-state index in [-0.39, 0.29) is 5.78 Å². The molecule has 2 rings (SSSR count). The third-order valence-electron chi connectivity index (χ3n) is 2.73. The first-order chi connectivity index (χ1) is 8.81. The van der Waals surface area contributed by atoms with Gasteiger partial charge in [0.1, 0.15) is 5.75 Å². The van der Waals surface area contributed by atoms with Crippen LogP contribution >= 0.6 is 0 Å². The molecule has 1 heterocycles. The second-order valence-electron chi connectivity index (χ2n) is 4.14. The number of rotatable bonds is 6. The molecule has 0 aliphatic carbocycles. The van der Waals surface area contributed by atoms with Gasteiger partial charge in [0.15, 0.2) is 0 Å². The molecular formula is C15H17NO2. The highest BCUT2D eigenvalue weighted by Gasteiger charge is 2.09. The summed E-state index contributed by atoms with van der Waals surface area (Å²) in [5, 5.41) is 0. The minimum Gasteiger partial charge on any atom is -0.494 e. The van der Waals surface area contributed by atoms with Crippen molar-refractivity contribution in [2.24, 2.45) is 0 Å². The molecule has 0 unspecified atom stereocenters. The van der Waals surface area contributed by atoms with E-state index in [1.807, 2.05) is 18.2 Å². The summed E-state index contributed by atoms with van der Waals surface area (Å²) in [6, 6.07) is 10.9. The number of benzene rings is 1. The average Bonchev–Trinajstić information content (AvgIpc) is 2.93. The average molecular weight is 243 g/mol. The lowest BCUT2D eigenvalue weighted by atomic mass is 10.1. The Morgan fingerprint density at radius 1 is 1.22 bits per heavy atom. The molecule has 0 spiro atoms. The van der Waals surface area contributed by atoms with Gasteiger partial charge in [-0.1, -0.05) is 13.3 Å². The van der Waals surface area contributed by atoms with E-state index in [1.54, 1.807) is 24.4 Å². The van der Waals surface area contributed by atoms with Crippen LogP contribution in [-0.4, -0.2) is 17.4 Å². The Bertz CT molecular complexity index is 486. The van der Waals surface area contributed by atoms with Crippen molar-refractivity contribution in [1.29, 1.82) is 0 Å². The van der Waals surface area contributed by atoms with E-state index in [4.69, 9.17) is 4.74 Å². The first kappa shape index (κ1) is 12.4. The maximum absolute atomic E-state index is 12.0. The highest BCUT2D eigenvalue weighted by Crippen LogP contribution is 2.15. The van der Waals surface area contributed by atoms with Crippen LogP contribution in [0.25, 0.3) is 0 Å². The molecule has 0 saturated carbocycles. The Labute approximate surface area is 107 Å². The van der Waals surface area contributed by atoms with Crippen LogP contribution in [0, 0.1) is 0 Å². The first-order valence-electron chi connectivity index (χ1n) is 6.22. The molecule has 3 heteroatoms. The van der Waals surface area contributed by atoms with Gasteiger partial charge in [0, 0.05) is 11.8 Å². The predicted molar refractivity (Wildman–Crippen MR) is 71.1 cm³/mol. The van der Waals surface area contributed by atoms with Crippen LogP contribution in [-0.2, 0) is 0 Å². The van der Waals surface area contributed by atoms with Gasteiger partial charge in [-0.3, -0.25) is 4.79 Å². The van der Waals surface area contributed by atoms with Gasteiger partial charge in [-0.2, -0.15) is 0 Å². The van der Waals surface area contributed by atoms with Crippen molar-refractivity contribution >= 4 is 5.78 Å². The van der Waals surface area contributed by atoms with Gasteiger partial charge in [-0.15, -0.1) is 0 Å². The second-order valence-corrected chi connectivity index (χ2v) is 4.14. The van der Waals surface area contributed by atoms with Crippen LogP contribution in [0.1, 0.15) is 35.8 Å². The molecule has 0 atom stereocenters. The van der Waals surface area contributed by atoms with Crippen molar-refractivity contribution in [2.45, 2.75) is 19.8 Å². The van der Waals surface area contributed by atoms with Gasteiger partial charge < -0.3 is 9.72 Å². The van der Waals surface area contributed by atoms with Gasteiger partial charge in [-0.25, -0.2) is 0 Å². The number of hydrogen-bond acceptors (Lipinski definition) is 2. The van der Waals surface area contributed by atoms with E-state index in [1.165, 1.54) is 0 Å². The van der Waals surface area contributed by atoms with Crippen LogP contribution < -0.4 is 4.74 Å². The largest absolute Gasteiger partial charge is 0.494 e. The zero-order chi connectivity index (χ0) is 12.8. The van der Waals surface area contributed by atoms with E-state index < -0.39 is 0 Å². The number of aromatic amines is 1. The number of carbonyl (C=O) groups excluding carboxylic acids is 1. The summed E-state index contributed by atoms with van der Waals surface area (Å²) in [5.74, 6) is 0.812. The van der Waals surface area contributed by atoms with E-state index in [0.29, 0.717) is 11.3 Å². The Balaban J connectivity index is 2.01. The SMILES string of the molecule is CCCCOc1ccc(C(=O)c2ccc[nH]2)cc1. The Morgan fingerprint density at radius 3 is 2.61 bits per heavy atom. The third kappa shape index (κ3) is 3.00. The molecule has 0 aliphatic heterocycles. The van der Waals surface area contributed by atoms with Crippen LogP contribution in [0.3, 0.4) is 0 Å². The van der Waals surface area contributed by atoms with Gasteiger partial charge >= 0.3 is 0 Å². The van der Waals surface area contributed by atoms with Crippen molar-refractivity contribution in [3.8, 4) is 5.75 Å². The standard InChI is InChI=1S/C15H17NO2/c1-2-3-11-18-13-8-6-12(7-9-13)15(17)14-5-4-10-16-14/h4-10,16H,2-3,11H2,1H3. The number of aromatic nitrogens is 1. The molecular weight excluding hydrogens is 226 g/mol. The number of ketones is 1. The number of H-pyrrole nitrogens is 1. The Kier molecular flexibility index (Phi) is 4.18. The van der Waals surface area contributed by atoms with Crippen molar-refractivity contribution < 1.29 is 9.53 Å². The normalized spacial score (nSPS) is 10.3. The number of nitrogens with one attached hydrogen (secondary N) is 1. The Hall–Kier alpha value is -2.03. The highest BCUT2D eigenvalue weighted by molar-refractivity contribution is 6.07. The fraction of sp³-hybridized carbons (Fsp3) is 0.267. The van der Waals surface area contributed by atoms with Gasteiger partial charge in [0.25, 0.3) is 0 Å². The molecule has 1 N–H and O–H groups in total. The smallest absolute Gasteiger partial charge is 0.209 e. The van der Waals surface area contributed by atoms with Crippen molar-refractivity contribution in [3.05, 3.63) is 53.9 Å². The predicted octanol–water partition coefficient (Wildman–Crippen LogP) is 3.42. The second kappa shape index (κ2) is 6.05. The maximum atomic E-state index is 12.0. The summed E-state index contributed by atoms with van der Waals surface area (Å²) in [7, 11) is 0. The molecule has 2 aromatic rings. The molecule has 0 amide bonds. The lowest BCUT2D eigenvalue weighted by Crippen LogP contribution is -2.02. The zero-order valence-corrected chi connectivity index (χ0v) is 10.5. The van der Waals surface area contributed by atoms with Gasteiger partial charge in [-0.05, 0) is 42.8 Å². The molecule has 0 aliphatic rings. The van der Waals surface area contributed by atoms with Crippen LogP contribution in [0.4, 0.5) is 0 Å². The monoisotopic (exact) mass is 243 g/mol. The fourth-order valence-corrected chi connectivity index (χ4v) is 1.66. The molecule has 1 aromatic heterocycles. The summed E-state index contributed by atoms with van der Waals surface area (Å²) < 4.78 is 5.55. The number of ether oxygens (including phenoxy) is 1. The zero-order valence-electron chi connectivity index (χ0n) is 10.5. The first-order valence-corrected chi connectivity index (χ1v) is 6.22. The topological polar surface area (TPSA) is 42.1 Å². The molecule has 0 fully saturated rings. The van der Waals surface area contributed by atoms with Gasteiger partial charge in [0.2, 0.25) is 5.78 Å². The number of hydrogen-bond donors (Lipinski definition) is 1. The lowest BCUT2D eigenvalue weighted by molar-refractivity contribution is 0.103. The number of unbranched alkanes of at least 4 members (excludes halogenated alkanes) is 1. The molecule has 1 aromatic carbocycles. The summed E-state index contributed by atoms with van der Waals surface area (Å²) in [4.78, 5) is 14.9. The van der Waals surface area contributed by atoms with Crippen molar-refractivity contribution in [3.63, 3.8) is 0 Å². The summed E-state index contributed by atoms with van der Waals surface area (Å²) in [6.45, 7) is 2.85. The molecule has 18 heavy (non-hydrogen) atoms. The van der Waals surface area contributed by atoms with Crippen molar-refractivity contribution in [1.82, 2.24) is 4.98 Å². The summed E-state index contributed by atoms with van der Waals surface area (Å²) in [5.41, 5.74) is 1.27. The van der Waals surface area contributed by atoms with Crippen LogP contribution in [0.2, 0.25) is 0 Å². The van der Waals surface area contributed by atoms with E-state index in [0.717, 1.165) is 25.2 Å². The number of carbonyl (C=O) groups is 1. The maximum Gasteiger partial charge on any atom is 0.209 e.